The van der Waals surface area contributed by atoms with E-state index < -0.39 is 0 Å². The summed E-state index contributed by atoms with van der Waals surface area (Å²) in [7, 11) is 1.77. The molecule has 1 aliphatic rings. The number of aliphatic imine (C=N–C) groups is 1. The van der Waals surface area contributed by atoms with Crippen LogP contribution in [0.1, 0.15) is 18.9 Å². The lowest BCUT2D eigenvalue weighted by Gasteiger charge is -2.12. The Morgan fingerprint density at radius 3 is 2.85 bits per heavy atom. The zero-order valence-corrected chi connectivity index (χ0v) is 17.3. The lowest BCUT2D eigenvalue weighted by atomic mass is 10.2. The topological polar surface area (TPSA) is 83.3 Å². The van der Waals surface area contributed by atoms with Gasteiger partial charge >= 0.3 is 0 Å². The lowest BCUT2D eigenvalue weighted by molar-refractivity contribution is -0.116. The number of hydrogen-bond donors (Lipinski definition) is 3. The predicted octanol–water partition coefficient (Wildman–Crippen LogP) is 2.21. The maximum atomic E-state index is 12.0. The minimum absolute atomic E-state index is 0. The minimum Gasteiger partial charge on any atom is -0.353 e. The van der Waals surface area contributed by atoms with Crippen molar-refractivity contribution in [1.82, 2.24) is 20.4 Å². The van der Waals surface area contributed by atoms with E-state index in [1.165, 1.54) is 6.42 Å². The number of nitrogens with zero attached hydrogens (tertiary/aromatic N) is 3. The van der Waals surface area contributed by atoms with Gasteiger partial charge in [-0.05, 0) is 36.1 Å². The third kappa shape index (κ3) is 6.01. The number of benzene rings is 1. The first-order valence-corrected chi connectivity index (χ1v) is 8.47. The van der Waals surface area contributed by atoms with Crippen LogP contribution in [0.2, 0.25) is 0 Å². The van der Waals surface area contributed by atoms with E-state index in [-0.39, 0.29) is 36.4 Å². The Labute approximate surface area is 170 Å². The zero-order chi connectivity index (χ0) is 17.6. The van der Waals surface area contributed by atoms with Crippen molar-refractivity contribution < 1.29 is 4.79 Å². The molecule has 2 unspecified atom stereocenters. The Hall–Kier alpha value is -2.10. The van der Waals surface area contributed by atoms with Crippen LogP contribution in [0.15, 0.2) is 47.7 Å². The molecule has 1 fully saturated rings. The SMILES string of the molecule is CN=C(NCc1cccc(NC(=O)Cn2cccn2)c1)NC1CC1C.I. The molecule has 0 aliphatic heterocycles. The third-order valence-electron chi connectivity index (χ3n) is 4.19. The smallest absolute Gasteiger partial charge is 0.246 e. The quantitative estimate of drug-likeness (QED) is 0.345. The van der Waals surface area contributed by atoms with Gasteiger partial charge in [-0.2, -0.15) is 5.10 Å². The van der Waals surface area contributed by atoms with Crippen LogP contribution in [0.4, 0.5) is 5.69 Å². The van der Waals surface area contributed by atoms with Crippen LogP contribution < -0.4 is 16.0 Å². The summed E-state index contributed by atoms with van der Waals surface area (Å²) in [6.07, 6.45) is 4.61. The second kappa shape index (κ2) is 9.56. The third-order valence-corrected chi connectivity index (χ3v) is 4.19. The molecule has 3 rings (SSSR count). The molecule has 1 aromatic heterocycles. The fourth-order valence-corrected chi connectivity index (χ4v) is 2.58. The Morgan fingerprint density at radius 2 is 2.19 bits per heavy atom. The largest absolute Gasteiger partial charge is 0.353 e. The van der Waals surface area contributed by atoms with Crippen LogP contribution in [-0.4, -0.2) is 34.7 Å². The lowest BCUT2D eigenvalue weighted by Crippen LogP contribution is -2.38. The molecule has 26 heavy (non-hydrogen) atoms. The van der Waals surface area contributed by atoms with E-state index in [0.717, 1.165) is 17.2 Å². The predicted molar refractivity (Wildman–Crippen MR) is 114 cm³/mol. The molecule has 0 bridgehead atoms. The molecule has 0 saturated heterocycles. The summed E-state index contributed by atoms with van der Waals surface area (Å²) in [5.41, 5.74) is 1.85. The molecule has 1 aromatic carbocycles. The molecule has 140 valence electrons. The molecule has 1 saturated carbocycles. The maximum Gasteiger partial charge on any atom is 0.246 e. The maximum absolute atomic E-state index is 12.0. The van der Waals surface area contributed by atoms with Crippen molar-refractivity contribution in [2.45, 2.75) is 32.5 Å². The fraction of sp³-hybridized carbons (Fsp3) is 0.389. The number of carbonyl (C=O) groups is 1. The Bertz CT molecular complexity index is 746. The summed E-state index contributed by atoms with van der Waals surface area (Å²) < 4.78 is 1.59. The average molecular weight is 468 g/mol. The Balaban J connectivity index is 0.00000243. The summed E-state index contributed by atoms with van der Waals surface area (Å²) in [5, 5.41) is 13.6. The number of guanidine groups is 1. The first kappa shape index (κ1) is 20.2. The molecular weight excluding hydrogens is 443 g/mol. The summed E-state index contributed by atoms with van der Waals surface area (Å²) in [4.78, 5) is 16.3. The number of rotatable bonds is 6. The van der Waals surface area contributed by atoms with E-state index in [2.05, 4.69) is 33.0 Å². The van der Waals surface area contributed by atoms with Crippen molar-refractivity contribution in [1.29, 1.82) is 0 Å². The van der Waals surface area contributed by atoms with Crippen LogP contribution in [0, 0.1) is 5.92 Å². The molecule has 1 amide bonds. The van der Waals surface area contributed by atoms with Gasteiger partial charge in [-0.25, -0.2) is 0 Å². The second-order valence-electron chi connectivity index (χ2n) is 6.34. The summed E-state index contributed by atoms with van der Waals surface area (Å²) in [6, 6.07) is 10.1. The highest BCUT2D eigenvalue weighted by atomic mass is 127. The van der Waals surface area contributed by atoms with E-state index >= 15 is 0 Å². The van der Waals surface area contributed by atoms with Gasteiger partial charge in [0.2, 0.25) is 5.91 Å². The van der Waals surface area contributed by atoms with Gasteiger partial charge in [0.15, 0.2) is 5.96 Å². The number of anilines is 1. The van der Waals surface area contributed by atoms with Gasteiger partial charge in [-0.1, -0.05) is 19.1 Å². The normalized spacial score (nSPS) is 18.6. The summed E-state index contributed by atoms with van der Waals surface area (Å²) in [5.74, 6) is 1.42. The van der Waals surface area contributed by atoms with E-state index in [9.17, 15) is 4.79 Å². The van der Waals surface area contributed by atoms with Gasteiger partial charge in [-0.3, -0.25) is 14.5 Å². The van der Waals surface area contributed by atoms with Crippen molar-refractivity contribution in [3.63, 3.8) is 0 Å². The molecule has 0 spiro atoms. The highest BCUT2D eigenvalue weighted by molar-refractivity contribution is 14.0. The number of amides is 1. The molecule has 7 nitrogen and oxygen atoms in total. The molecule has 3 N–H and O–H groups in total. The van der Waals surface area contributed by atoms with Crippen molar-refractivity contribution in [3.8, 4) is 0 Å². The molecule has 2 aromatic rings. The average Bonchev–Trinajstić information content (AvgIpc) is 3.06. The van der Waals surface area contributed by atoms with Crippen LogP contribution in [0.5, 0.6) is 0 Å². The second-order valence-corrected chi connectivity index (χ2v) is 6.34. The molecule has 1 aliphatic carbocycles. The van der Waals surface area contributed by atoms with Crippen molar-refractivity contribution in [2.24, 2.45) is 10.9 Å². The number of nitrogens with one attached hydrogen (secondary N) is 3. The van der Waals surface area contributed by atoms with Gasteiger partial charge in [0, 0.05) is 37.7 Å². The van der Waals surface area contributed by atoms with Crippen molar-refractivity contribution in [2.75, 3.05) is 12.4 Å². The zero-order valence-electron chi connectivity index (χ0n) is 15.0. The first-order chi connectivity index (χ1) is 12.1. The van der Waals surface area contributed by atoms with Gasteiger partial charge < -0.3 is 16.0 Å². The number of halogens is 1. The Morgan fingerprint density at radius 1 is 1.38 bits per heavy atom. The summed E-state index contributed by atoms with van der Waals surface area (Å²) >= 11 is 0. The fourth-order valence-electron chi connectivity index (χ4n) is 2.58. The number of aromatic nitrogens is 2. The molecule has 0 radical (unpaired) electrons. The minimum atomic E-state index is -0.103. The summed E-state index contributed by atoms with van der Waals surface area (Å²) in [6.45, 7) is 3.07. The van der Waals surface area contributed by atoms with Gasteiger partial charge in [0.1, 0.15) is 6.54 Å². The van der Waals surface area contributed by atoms with Crippen LogP contribution in [0.25, 0.3) is 0 Å². The standard InChI is InChI=1S/C18H24N6O.HI/c1-13-9-16(13)23-18(19-2)20-11-14-5-3-6-15(10-14)22-17(25)12-24-8-4-7-21-24;/h3-8,10,13,16H,9,11-12H2,1-2H3,(H,22,25)(H2,19,20,23);1H. The van der Waals surface area contributed by atoms with Crippen LogP contribution in [0.3, 0.4) is 0 Å². The van der Waals surface area contributed by atoms with E-state index in [1.54, 1.807) is 30.2 Å². The molecule has 2 atom stereocenters. The highest BCUT2D eigenvalue weighted by Gasteiger charge is 2.33. The number of hydrogen-bond acceptors (Lipinski definition) is 3. The van der Waals surface area contributed by atoms with Crippen LogP contribution in [-0.2, 0) is 17.9 Å². The van der Waals surface area contributed by atoms with Crippen molar-refractivity contribution in [3.05, 3.63) is 48.3 Å². The van der Waals surface area contributed by atoms with E-state index in [4.69, 9.17) is 0 Å². The van der Waals surface area contributed by atoms with Gasteiger partial charge in [-0.15, -0.1) is 24.0 Å². The monoisotopic (exact) mass is 468 g/mol. The molecular formula is C18H25IN6O. The molecule has 1 heterocycles. The van der Waals surface area contributed by atoms with Crippen molar-refractivity contribution >= 4 is 41.5 Å². The van der Waals surface area contributed by atoms with Gasteiger partial charge in [0.05, 0.1) is 0 Å². The van der Waals surface area contributed by atoms with Crippen LogP contribution >= 0.6 is 24.0 Å². The van der Waals surface area contributed by atoms with E-state index in [1.807, 2.05) is 24.3 Å². The van der Waals surface area contributed by atoms with E-state index in [0.29, 0.717) is 18.5 Å². The van der Waals surface area contributed by atoms with Gasteiger partial charge in [0.25, 0.3) is 0 Å². The Kier molecular flexibility index (Phi) is 7.43. The molecule has 8 heteroatoms. The highest BCUT2D eigenvalue weighted by Crippen LogP contribution is 2.28. The first-order valence-electron chi connectivity index (χ1n) is 8.47. The number of carbonyl (C=O) groups excluding carboxylic acids is 1.